The monoisotopic (exact) mass is 297 g/mol. The molecule has 0 radical (unpaired) electrons. The predicted octanol–water partition coefficient (Wildman–Crippen LogP) is -1.54. The molecule has 0 aliphatic carbocycles. The van der Waals surface area contributed by atoms with Crippen LogP contribution in [0.3, 0.4) is 0 Å². The summed E-state index contributed by atoms with van der Waals surface area (Å²) in [4.78, 5) is 36.9. The summed E-state index contributed by atoms with van der Waals surface area (Å²) in [5.74, 6) is -0.267. The number of amides is 1. The van der Waals surface area contributed by atoms with Gasteiger partial charge in [-0.05, 0) is 6.92 Å². The van der Waals surface area contributed by atoms with Crippen LogP contribution in [0.2, 0.25) is 0 Å². The Labute approximate surface area is 118 Å². The second kappa shape index (κ2) is 5.01. The number of hydrogen-bond donors (Lipinski definition) is 3. The number of alkyl carbamates (subject to hydrolysis) is 1. The molecule has 0 spiro atoms. The van der Waals surface area contributed by atoms with Crippen molar-refractivity contribution in [2.45, 2.75) is 25.4 Å². The number of rotatable bonds is 2. The Hall–Kier alpha value is -2.13. The van der Waals surface area contributed by atoms with E-state index in [-0.39, 0.29) is 12.5 Å². The maximum atomic E-state index is 11.9. The first kappa shape index (κ1) is 13.8. The van der Waals surface area contributed by atoms with E-state index in [0.717, 1.165) is 0 Å². The van der Waals surface area contributed by atoms with Gasteiger partial charge in [0.2, 0.25) is 0 Å². The molecule has 0 unspecified atom stereocenters. The second-order valence-corrected chi connectivity index (χ2v) is 5.14. The van der Waals surface area contributed by atoms with Crippen LogP contribution in [-0.2, 0) is 9.47 Å². The van der Waals surface area contributed by atoms with Gasteiger partial charge in [0.25, 0.3) is 5.56 Å². The molecule has 2 aliphatic heterocycles. The van der Waals surface area contributed by atoms with E-state index in [1.54, 1.807) is 6.92 Å². The van der Waals surface area contributed by atoms with Gasteiger partial charge in [0.1, 0.15) is 0 Å². The van der Waals surface area contributed by atoms with Gasteiger partial charge in [0.15, 0.2) is 12.3 Å². The highest BCUT2D eigenvalue weighted by atomic mass is 16.6. The molecule has 3 heterocycles. The minimum Gasteiger partial charge on any atom is -0.441 e. The molecule has 9 nitrogen and oxygen atoms in total. The van der Waals surface area contributed by atoms with Crippen molar-refractivity contribution in [3.05, 3.63) is 32.6 Å². The van der Waals surface area contributed by atoms with Crippen molar-refractivity contribution < 1.29 is 19.4 Å². The lowest BCUT2D eigenvalue weighted by atomic mass is 9.97. The number of ether oxygens (including phenoxy) is 2. The minimum absolute atomic E-state index is 0.256. The Bertz CT molecular complexity index is 680. The van der Waals surface area contributed by atoms with E-state index in [1.807, 2.05) is 0 Å². The lowest BCUT2D eigenvalue weighted by Gasteiger charge is -2.29. The first-order chi connectivity index (χ1) is 10.0. The second-order valence-electron chi connectivity index (χ2n) is 5.14. The first-order valence-corrected chi connectivity index (χ1v) is 6.54. The smallest absolute Gasteiger partial charge is 0.407 e. The highest BCUT2D eigenvalue weighted by Gasteiger charge is 2.50. The number of hydrogen-bond acceptors (Lipinski definition) is 6. The number of aliphatic hydroxyl groups excluding tert-OH is 1. The molecule has 1 amide bonds. The molecule has 1 aromatic heterocycles. The molecule has 2 aliphatic rings. The molecule has 114 valence electrons. The fourth-order valence-corrected chi connectivity index (χ4v) is 2.72. The molecule has 21 heavy (non-hydrogen) atoms. The largest absolute Gasteiger partial charge is 0.441 e. The Morgan fingerprint density at radius 3 is 2.90 bits per heavy atom. The van der Waals surface area contributed by atoms with Crippen LogP contribution < -0.4 is 16.6 Å². The zero-order valence-corrected chi connectivity index (χ0v) is 11.2. The topological polar surface area (TPSA) is 123 Å². The zero-order valence-electron chi connectivity index (χ0n) is 11.2. The molecule has 9 heteroatoms. The molecule has 1 aromatic rings. The highest BCUT2D eigenvalue weighted by Crippen LogP contribution is 2.36. The Balaban J connectivity index is 2.01. The number of fused-ring (bicyclic) bond motifs is 1. The molecule has 2 fully saturated rings. The van der Waals surface area contributed by atoms with Crippen LogP contribution in [0.15, 0.2) is 15.8 Å². The number of H-pyrrole nitrogens is 1. The molecular weight excluding hydrogens is 282 g/mol. The van der Waals surface area contributed by atoms with Gasteiger partial charge in [-0.3, -0.25) is 14.3 Å². The van der Waals surface area contributed by atoms with E-state index in [0.29, 0.717) is 12.1 Å². The van der Waals surface area contributed by atoms with Crippen molar-refractivity contribution in [2.24, 2.45) is 5.92 Å². The zero-order chi connectivity index (χ0) is 15.1. The Morgan fingerprint density at radius 1 is 1.43 bits per heavy atom. The van der Waals surface area contributed by atoms with E-state index in [4.69, 9.17) is 9.47 Å². The third kappa shape index (κ3) is 2.24. The molecule has 0 aromatic carbocycles. The summed E-state index contributed by atoms with van der Waals surface area (Å²) in [7, 11) is 0. The predicted molar refractivity (Wildman–Crippen MR) is 68.8 cm³/mol. The lowest BCUT2D eigenvalue weighted by molar-refractivity contribution is -0.0556. The summed E-state index contributed by atoms with van der Waals surface area (Å²) < 4.78 is 12.0. The highest BCUT2D eigenvalue weighted by molar-refractivity contribution is 5.68. The number of nitrogens with zero attached hydrogens (tertiary/aromatic N) is 1. The van der Waals surface area contributed by atoms with Crippen molar-refractivity contribution in [3.63, 3.8) is 0 Å². The van der Waals surface area contributed by atoms with E-state index in [1.165, 1.54) is 10.8 Å². The lowest BCUT2D eigenvalue weighted by Crippen LogP contribution is -2.49. The molecule has 3 rings (SSSR count). The molecular formula is C12H15N3O6. The van der Waals surface area contributed by atoms with Crippen LogP contribution in [0.5, 0.6) is 0 Å². The number of carbonyl (C=O) groups excluding carboxylic acids is 1. The van der Waals surface area contributed by atoms with Crippen LogP contribution in [0.25, 0.3) is 0 Å². The third-order valence-corrected chi connectivity index (χ3v) is 3.82. The van der Waals surface area contributed by atoms with Crippen LogP contribution in [0.1, 0.15) is 11.8 Å². The molecule has 0 saturated carbocycles. The number of aliphatic hydroxyl groups is 1. The van der Waals surface area contributed by atoms with Crippen molar-refractivity contribution in [1.82, 2.24) is 14.9 Å². The van der Waals surface area contributed by atoms with Gasteiger partial charge in [-0.2, -0.15) is 0 Å². The SMILES string of the molecule is Cc1cn([C@@H]2O[C@H](CO)[C@H]3CNC(=O)O[C@H]32)c(=O)[nH]c1=O. The number of carbonyl (C=O) groups is 1. The van der Waals surface area contributed by atoms with E-state index < -0.39 is 35.8 Å². The number of aryl methyl sites for hydroxylation is 1. The summed E-state index contributed by atoms with van der Waals surface area (Å²) in [6.07, 6.45) is -1.36. The van der Waals surface area contributed by atoms with Crippen molar-refractivity contribution in [2.75, 3.05) is 13.2 Å². The van der Waals surface area contributed by atoms with E-state index >= 15 is 0 Å². The average molecular weight is 297 g/mol. The minimum atomic E-state index is -0.874. The van der Waals surface area contributed by atoms with Crippen LogP contribution in [-0.4, -0.2) is 46.1 Å². The Kier molecular flexibility index (Phi) is 3.30. The summed E-state index contributed by atoms with van der Waals surface area (Å²) in [5, 5.41) is 11.9. The average Bonchev–Trinajstić information content (AvgIpc) is 2.80. The van der Waals surface area contributed by atoms with Crippen LogP contribution >= 0.6 is 0 Å². The molecule has 0 bridgehead atoms. The van der Waals surface area contributed by atoms with Crippen LogP contribution in [0.4, 0.5) is 4.79 Å². The summed E-state index contributed by atoms with van der Waals surface area (Å²) in [6, 6.07) is 0. The van der Waals surface area contributed by atoms with Crippen molar-refractivity contribution in [3.8, 4) is 0 Å². The first-order valence-electron chi connectivity index (χ1n) is 6.54. The van der Waals surface area contributed by atoms with Gasteiger partial charge in [0.05, 0.1) is 12.7 Å². The van der Waals surface area contributed by atoms with Gasteiger partial charge in [-0.15, -0.1) is 0 Å². The quantitative estimate of drug-likeness (QED) is 0.608. The van der Waals surface area contributed by atoms with E-state index in [9.17, 15) is 19.5 Å². The maximum Gasteiger partial charge on any atom is 0.407 e. The van der Waals surface area contributed by atoms with Gasteiger partial charge in [0, 0.05) is 24.2 Å². The van der Waals surface area contributed by atoms with Gasteiger partial charge in [-0.25, -0.2) is 9.59 Å². The van der Waals surface area contributed by atoms with Crippen LogP contribution in [0, 0.1) is 12.8 Å². The van der Waals surface area contributed by atoms with E-state index in [2.05, 4.69) is 10.3 Å². The molecule has 3 N–H and O–H groups in total. The normalized spacial score (nSPS) is 31.4. The van der Waals surface area contributed by atoms with Gasteiger partial charge >= 0.3 is 11.8 Å². The third-order valence-electron chi connectivity index (χ3n) is 3.82. The number of aromatic nitrogens is 2. The van der Waals surface area contributed by atoms with Crippen molar-refractivity contribution >= 4 is 6.09 Å². The number of aromatic amines is 1. The standard InChI is InChI=1S/C12H15N3O6/c1-5-3-15(11(18)14-9(5)17)10-8-6(7(4-16)20-10)2-13-12(19)21-8/h3,6-8,10,16H,2,4H2,1H3,(H,13,19)(H,14,17,18)/t6-,7-,8-,10-/m1/s1. The fraction of sp³-hybridized carbons (Fsp3) is 0.583. The summed E-state index contributed by atoms with van der Waals surface area (Å²) in [5.41, 5.74) is -0.795. The number of nitrogens with one attached hydrogen (secondary N) is 2. The Morgan fingerprint density at radius 2 is 2.19 bits per heavy atom. The maximum absolute atomic E-state index is 11.9. The summed E-state index contributed by atoms with van der Waals surface area (Å²) in [6.45, 7) is 1.59. The van der Waals surface area contributed by atoms with Crippen molar-refractivity contribution in [1.29, 1.82) is 0 Å². The summed E-state index contributed by atoms with van der Waals surface area (Å²) >= 11 is 0. The molecule has 2 saturated heterocycles. The van der Waals surface area contributed by atoms with Gasteiger partial charge in [-0.1, -0.05) is 0 Å². The van der Waals surface area contributed by atoms with Gasteiger partial charge < -0.3 is 19.9 Å². The molecule has 4 atom stereocenters. The fourth-order valence-electron chi connectivity index (χ4n) is 2.72.